The number of aliphatic imine (C=N–C) groups is 1. The third kappa shape index (κ3) is 4.34. The zero-order chi connectivity index (χ0) is 16.9. The predicted molar refractivity (Wildman–Crippen MR) is 86.2 cm³/mol. The normalized spacial score (nSPS) is 15.7. The molecule has 2 rings (SSSR count). The Balaban J connectivity index is 2.34. The predicted octanol–water partition coefficient (Wildman–Crippen LogP) is 3.82. The first-order valence-corrected chi connectivity index (χ1v) is 7.77. The molecule has 0 atom stereocenters. The maximum Gasteiger partial charge on any atom is 0.416 e. The van der Waals surface area contributed by atoms with E-state index in [1.54, 1.807) is 12.1 Å². The van der Waals surface area contributed by atoms with Gasteiger partial charge >= 0.3 is 6.18 Å². The van der Waals surface area contributed by atoms with Gasteiger partial charge in [0, 0.05) is 38.3 Å². The van der Waals surface area contributed by atoms with Crippen molar-refractivity contribution in [3.63, 3.8) is 0 Å². The molecule has 0 radical (unpaired) electrons. The van der Waals surface area contributed by atoms with Gasteiger partial charge in [0.25, 0.3) is 0 Å². The molecule has 0 saturated carbocycles. The molecule has 0 bridgehead atoms. The standard InChI is InChI=1S/C17H22F3N3/c1-3-10-23(16-8-9-22-11-15(16)21-2)12-13-6-4-5-7-14(13)17(18,19)20/h4-7,22H,2-3,8-12H2,1H3. The van der Waals surface area contributed by atoms with Crippen molar-refractivity contribution in [2.75, 3.05) is 19.6 Å². The summed E-state index contributed by atoms with van der Waals surface area (Å²) < 4.78 is 39.6. The number of alkyl halides is 3. The highest BCUT2D eigenvalue weighted by Gasteiger charge is 2.33. The minimum absolute atomic E-state index is 0.234. The molecule has 126 valence electrons. The molecule has 6 heteroatoms. The fourth-order valence-electron chi connectivity index (χ4n) is 2.87. The SMILES string of the molecule is C=NC1=C(N(CCC)Cc2ccccc2C(F)(F)F)CCNC1. The van der Waals surface area contributed by atoms with Gasteiger partial charge in [-0.3, -0.25) is 4.99 Å². The number of nitrogens with one attached hydrogen (secondary N) is 1. The van der Waals surface area contributed by atoms with E-state index in [9.17, 15) is 13.2 Å². The summed E-state index contributed by atoms with van der Waals surface area (Å²) in [6, 6.07) is 5.77. The molecule has 0 unspecified atom stereocenters. The van der Waals surface area contributed by atoms with Crippen LogP contribution in [0.4, 0.5) is 13.2 Å². The minimum Gasteiger partial charge on any atom is -0.369 e. The van der Waals surface area contributed by atoms with Crippen LogP contribution in [0.3, 0.4) is 0 Å². The molecule has 1 aliphatic heterocycles. The summed E-state index contributed by atoms with van der Waals surface area (Å²) in [6.07, 6.45) is -2.73. The summed E-state index contributed by atoms with van der Waals surface area (Å²) in [4.78, 5) is 6.06. The van der Waals surface area contributed by atoms with Gasteiger partial charge in [-0.25, -0.2) is 0 Å². The van der Waals surface area contributed by atoms with Crippen LogP contribution < -0.4 is 5.32 Å². The highest BCUT2D eigenvalue weighted by molar-refractivity contribution is 5.34. The van der Waals surface area contributed by atoms with E-state index in [2.05, 4.69) is 17.0 Å². The van der Waals surface area contributed by atoms with Crippen molar-refractivity contribution < 1.29 is 13.2 Å². The molecular weight excluding hydrogens is 303 g/mol. The van der Waals surface area contributed by atoms with Crippen LogP contribution in [0.5, 0.6) is 0 Å². The van der Waals surface area contributed by atoms with Crippen LogP contribution in [0.1, 0.15) is 30.9 Å². The van der Waals surface area contributed by atoms with E-state index in [4.69, 9.17) is 0 Å². The van der Waals surface area contributed by atoms with Crippen molar-refractivity contribution in [2.24, 2.45) is 4.99 Å². The van der Waals surface area contributed by atoms with Gasteiger partial charge in [0.15, 0.2) is 0 Å². The first-order valence-electron chi connectivity index (χ1n) is 7.77. The smallest absolute Gasteiger partial charge is 0.369 e. The Hall–Kier alpha value is -1.82. The molecule has 1 aromatic carbocycles. The molecule has 0 aliphatic carbocycles. The Kier molecular flexibility index (Phi) is 5.82. The fourth-order valence-corrected chi connectivity index (χ4v) is 2.87. The second-order valence-corrected chi connectivity index (χ2v) is 5.55. The molecule has 3 nitrogen and oxygen atoms in total. The summed E-state index contributed by atoms with van der Waals surface area (Å²) in [5.74, 6) is 0. The van der Waals surface area contributed by atoms with Crippen LogP contribution in [-0.2, 0) is 12.7 Å². The van der Waals surface area contributed by atoms with Crippen LogP contribution >= 0.6 is 0 Å². The molecule has 1 N–H and O–H groups in total. The maximum absolute atomic E-state index is 13.2. The van der Waals surface area contributed by atoms with E-state index in [1.807, 2.05) is 11.8 Å². The zero-order valence-electron chi connectivity index (χ0n) is 13.3. The second-order valence-electron chi connectivity index (χ2n) is 5.55. The Morgan fingerprint density at radius 3 is 2.70 bits per heavy atom. The highest BCUT2D eigenvalue weighted by Crippen LogP contribution is 2.33. The molecule has 1 aromatic rings. The molecular formula is C17H22F3N3. The van der Waals surface area contributed by atoms with Gasteiger partial charge in [0.2, 0.25) is 0 Å². The van der Waals surface area contributed by atoms with Crippen molar-refractivity contribution in [1.82, 2.24) is 10.2 Å². The van der Waals surface area contributed by atoms with Crippen molar-refractivity contribution in [3.8, 4) is 0 Å². The van der Waals surface area contributed by atoms with Crippen molar-refractivity contribution >= 4 is 6.72 Å². The van der Waals surface area contributed by atoms with E-state index in [0.29, 0.717) is 18.7 Å². The van der Waals surface area contributed by atoms with E-state index in [-0.39, 0.29) is 6.54 Å². The number of benzene rings is 1. The minimum atomic E-state index is -4.34. The van der Waals surface area contributed by atoms with E-state index in [1.165, 1.54) is 6.07 Å². The quantitative estimate of drug-likeness (QED) is 0.805. The molecule has 0 fully saturated rings. The Morgan fingerprint density at radius 2 is 2.04 bits per heavy atom. The number of rotatable bonds is 6. The monoisotopic (exact) mass is 325 g/mol. The lowest BCUT2D eigenvalue weighted by Crippen LogP contribution is -2.33. The first-order chi connectivity index (χ1) is 11.0. The van der Waals surface area contributed by atoms with Gasteiger partial charge in [-0.1, -0.05) is 25.1 Å². The van der Waals surface area contributed by atoms with E-state index < -0.39 is 11.7 Å². The van der Waals surface area contributed by atoms with E-state index in [0.717, 1.165) is 36.8 Å². The zero-order valence-corrected chi connectivity index (χ0v) is 13.3. The Labute approximate surface area is 134 Å². The van der Waals surface area contributed by atoms with Gasteiger partial charge in [0.05, 0.1) is 11.3 Å². The molecule has 1 heterocycles. The summed E-state index contributed by atoms with van der Waals surface area (Å²) in [7, 11) is 0. The topological polar surface area (TPSA) is 27.6 Å². The third-order valence-electron chi connectivity index (χ3n) is 3.91. The highest BCUT2D eigenvalue weighted by atomic mass is 19.4. The number of halogens is 3. The first kappa shape index (κ1) is 17.5. The van der Waals surface area contributed by atoms with Gasteiger partial charge < -0.3 is 10.2 Å². The van der Waals surface area contributed by atoms with Crippen LogP contribution in [0.25, 0.3) is 0 Å². The van der Waals surface area contributed by atoms with Crippen LogP contribution in [0.15, 0.2) is 40.7 Å². The van der Waals surface area contributed by atoms with Gasteiger partial charge in [-0.2, -0.15) is 13.2 Å². The molecule has 0 aromatic heterocycles. The molecule has 0 spiro atoms. The van der Waals surface area contributed by atoms with Gasteiger partial charge in [-0.05, 0) is 24.8 Å². The maximum atomic E-state index is 13.2. The molecule has 0 amide bonds. The average Bonchev–Trinajstić information content (AvgIpc) is 2.54. The lowest BCUT2D eigenvalue weighted by molar-refractivity contribution is -0.138. The van der Waals surface area contributed by atoms with Gasteiger partial charge in [-0.15, -0.1) is 0 Å². The summed E-state index contributed by atoms with van der Waals surface area (Å²) in [5.41, 5.74) is 1.55. The lowest BCUT2D eigenvalue weighted by atomic mass is 10.0. The largest absolute Gasteiger partial charge is 0.416 e. The van der Waals surface area contributed by atoms with Crippen LogP contribution in [0, 0.1) is 0 Å². The lowest BCUT2D eigenvalue weighted by Gasteiger charge is -2.32. The Bertz CT molecular complexity index is 579. The number of nitrogens with zero attached hydrogens (tertiary/aromatic N) is 2. The van der Waals surface area contributed by atoms with Crippen molar-refractivity contribution in [3.05, 3.63) is 46.8 Å². The average molecular weight is 325 g/mol. The van der Waals surface area contributed by atoms with E-state index >= 15 is 0 Å². The summed E-state index contributed by atoms with van der Waals surface area (Å²) >= 11 is 0. The Morgan fingerprint density at radius 1 is 1.30 bits per heavy atom. The van der Waals surface area contributed by atoms with Crippen LogP contribution in [-0.4, -0.2) is 31.3 Å². The summed E-state index contributed by atoms with van der Waals surface area (Å²) in [6.45, 7) is 7.95. The summed E-state index contributed by atoms with van der Waals surface area (Å²) in [5, 5.41) is 3.21. The van der Waals surface area contributed by atoms with Crippen LogP contribution in [0.2, 0.25) is 0 Å². The second kappa shape index (κ2) is 7.64. The van der Waals surface area contributed by atoms with Gasteiger partial charge in [0.1, 0.15) is 0 Å². The molecule has 1 aliphatic rings. The molecule has 23 heavy (non-hydrogen) atoms. The molecule has 0 saturated heterocycles. The number of hydrogen-bond acceptors (Lipinski definition) is 3. The number of hydrogen-bond donors (Lipinski definition) is 1. The van der Waals surface area contributed by atoms with Crippen molar-refractivity contribution in [1.29, 1.82) is 0 Å². The fraction of sp³-hybridized carbons (Fsp3) is 0.471. The van der Waals surface area contributed by atoms with Crippen molar-refractivity contribution in [2.45, 2.75) is 32.5 Å². The third-order valence-corrected chi connectivity index (χ3v) is 3.91.